The fourth-order valence-electron chi connectivity index (χ4n) is 3.74. The molecule has 0 aromatic carbocycles. The molecule has 2 aliphatic rings. The Bertz CT molecular complexity index is 437. The van der Waals surface area contributed by atoms with E-state index >= 15 is 0 Å². The Hall–Kier alpha value is -0.870. The lowest BCUT2D eigenvalue weighted by molar-refractivity contribution is 0.298. The van der Waals surface area contributed by atoms with E-state index in [1.54, 1.807) is 0 Å². The zero-order valence-corrected chi connectivity index (χ0v) is 12.4. The molecule has 2 aliphatic heterocycles. The maximum Gasteiger partial charge on any atom is 0.0694 e. The lowest BCUT2D eigenvalue weighted by atomic mass is 10.0. The van der Waals surface area contributed by atoms with E-state index in [-0.39, 0.29) is 0 Å². The highest BCUT2D eigenvalue weighted by Gasteiger charge is 2.36. The average molecular weight is 262 g/mol. The molecule has 4 nitrogen and oxygen atoms in total. The zero-order chi connectivity index (χ0) is 13.4. The van der Waals surface area contributed by atoms with Crippen molar-refractivity contribution in [3.8, 4) is 0 Å². The van der Waals surface area contributed by atoms with Crippen molar-refractivity contribution < 1.29 is 0 Å². The van der Waals surface area contributed by atoms with E-state index in [0.717, 1.165) is 12.6 Å². The molecule has 1 aromatic rings. The number of hydrogen-bond acceptors (Lipinski definition) is 3. The Morgan fingerprint density at radius 1 is 1.37 bits per heavy atom. The van der Waals surface area contributed by atoms with Gasteiger partial charge in [-0.25, -0.2) is 0 Å². The van der Waals surface area contributed by atoms with Crippen LogP contribution >= 0.6 is 0 Å². The van der Waals surface area contributed by atoms with Crippen molar-refractivity contribution in [3.63, 3.8) is 0 Å². The molecule has 0 saturated carbocycles. The lowest BCUT2D eigenvalue weighted by Gasteiger charge is -2.21. The molecule has 0 spiro atoms. The van der Waals surface area contributed by atoms with Gasteiger partial charge < -0.3 is 5.32 Å². The van der Waals surface area contributed by atoms with Crippen LogP contribution in [0.5, 0.6) is 0 Å². The van der Waals surface area contributed by atoms with Crippen molar-refractivity contribution in [1.29, 1.82) is 0 Å². The number of aromatic nitrogens is 2. The van der Waals surface area contributed by atoms with Gasteiger partial charge in [0.25, 0.3) is 0 Å². The smallest absolute Gasteiger partial charge is 0.0694 e. The molecule has 2 fully saturated rings. The van der Waals surface area contributed by atoms with Crippen LogP contribution in [-0.2, 0) is 13.6 Å². The SMILES string of the molecule is CC(C)c1nn(C)cc1CNC1CCN2CCCC12. The number of nitrogens with one attached hydrogen (secondary N) is 1. The summed E-state index contributed by atoms with van der Waals surface area (Å²) in [4.78, 5) is 2.66. The van der Waals surface area contributed by atoms with E-state index in [4.69, 9.17) is 0 Å². The molecule has 2 unspecified atom stereocenters. The molecule has 2 saturated heterocycles. The van der Waals surface area contributed by atoms with Gasteiger partial charge in [0.15, 0.2) is 0 Å². The number of fused-ring (bicyclic) bond motifs is 1. The molecule has 3 heterocycles. The van der Waals surface area contributed by atoms with E-state index in [9.17, 15) is 0 Å². The Morgan fingerprint density at radius 2 is 2.21 bits per heavy atom. The molecule has 106 valence electrons. The van der Waals surface area contributed by atoms with Crippen LogP contribution < -0.4 is 5.32 Å². The molecule has 0 radical (unpaired) electrons. The monoisotopic (exact) mass is 262 g/mol. The first-order valence-electron chi connectivity index (χ1n) is 7.65. The Balaban J connectivity index is 1.63. The third-order valence-corrected chi connectivity index (χ3v) is 4.64. The van der Waals surface area contributed by atoms with Gasteiger partial charge in [-0.1, -0.05) is 13.8 Å². The van der Waals surface area contributed by atoms with Gasteiger partial charge in [0.05, 0.1) is 5.69 Å². The van der Waals surface area contributed by atoms with E-state index in [0.29, 0.717) is 12.0 Å². The van der Waals surface area contributed by atoms with E-state index in [1.165, 1.54) is 43.6 Å². The van der Waals surface area contributed by atoms with Crippen LogP contribution in [0.1, 0.15) is 50.3 Å². The van der Waals surface area contributed by atoms with Crippen molar-refractivity contribution in [2.24, 2.45) is 7.05 Å². The highest BCUT2D eigenvalue weighted by Crippen LogP contribution is 2.28. The highest BCUT2D eigenvalue weighted by atomic mass is 15.3. The largest absolute Gasteiger partial charge is 0.308 e. The zero-order valence-electron chi connectivity index (χ0n) is 12.4. The average Bonchev–Trinajstić information content (AvgIpc) is 3.01. The third-order valence-electron chi connectivity index (χ3n) is 4.64. The number of aryl methyl sites for hydroxylation is 1. The Morgan fingerprint density at radius 3 is 3.00 bits per heavy atom. The normalized spacial score (nSPS) is 27.4. The summed E-state index contributed by atoms with van der Waals surface area (Å²) in [6.07, 6.45) is 6.24. The quantitative estimate of drug-likeness (QED) is 0.899. The second-order valence-electron chi connectivity index (χ2n) is 6.39. The van der Waals surface area contributed by atoms with Crippen LogP contribution in [0.25, 0.3) is 0 Å². The molecule has 19 heavy (non-hydrogen) atoms. The van der Waals surface area contributed by atoms with E-state index in [2.05, 4.69) is 35.4 Å². The summed E-state index contributed by atoms with van der Waals surface area (Å²) < 4.78 is 1.95. The van der Waals surface area contributed by atoms with E-state index < -0.39 is 0 Å². The third kappa shape index (κ3) is 2.56. The van der Waals surface area contributed by atoms with Crippen molar-refractivity contribution in [2.45, 2.75) is 57.7 Å². The molecule has 4 heteroatoms. The van der Waals surface area contributed by atoms with Crippen LogP contribution in [0.15, 0.2) is 6.20 Å². The van der Waals surface area contributed by atoms with Crippen molar-refractivity contribution in [3.05, 3.63) is 17.5 Å². The second-order valence-corrected chi connectivity index (χ2v) is 6.39. The standard InChI is InChI=1S/C15H26N4/c1-11(2)15-12(10-18(3)17-15)9-16-13-6-8-19-7-4-5-14(13)19/h10-11,13-14,16H,4-9H2,1-3H3. The van der Waals surface area contributed by atoms with Crippen LogP contribution in [-0.4, -0.2) is 39.9 Å². The minimum Gasteiger partial charge on any atom is -0.308 e. The summed E-state index contributed by atoms with van der Waals surface area (Å²) >= 11 is 0. The summed E-state index contributed by atoms with van der Waals surface area (Å²) in [5, 5.41) is 8.37. The van der Waals surface area contributed by atoms with Crippen molar-refractivity contribution in [2.75, 3.05) is 13.1 Å². The van der Waals surface area contributed by atoms with Crippen LogP contribution in [0.4, 0.5) is 0 Å². The molecular formula is C15H26N4. The fourth-order valence-corrected chi connectivity index (χ4v) is 3.74. The second kappa shape index (κ2) is 5.25. The number of rotatable bonds is 4. The van der Waals surface area contributed by atoms with Gasteiger partial charge in [0.1, 0.15) is 0 Å². The van der Waals surface area contributed by atoms with Gasteiger partial charge in [-0.15, -0.1) is 0 Å². The minimum absolute atomic E-state index is 0.504. The fraction of sp³-hybridized carbons (Fsp3) is 0.800. The van der Waals surface area contributed by atoms with Crippen LogP contribution in [0.3, 0.4) is 0 Å². The molecule has 1 aromatic heterocycles. The van der Waals surface area contributed by atoms with Gasteiger partial charge in [-0.3, -0.25) is 9.58 Å². The minimum atomic E-state index is 0.504. The first-order chi connectivity index (χ1) is 9.15. The first-order valence-corrected chi connectivity index (χ1v) is 7.65. The van der Waals surface area contributed by atoms with E-state index in [1.807, 2.05) is 11.7 Å². The lowest BCUT2D eigenvalue weighted by Crippen LogP contribution is -2.38. The summed E-state index contributed by atoms with van der Waals surface area (Å²) in [5.41, 5.74) is 2.62. The summed E-state index contributed by atoms with van der Waals surface area (Å²) in [6, 6.07) is 1.47. The van der Waals surface area contributed by atoms with Crippen LogP contribution in [0.2, 0.25) is 0 Å². The molecule has 0 aliphatic carbocycles. The molecule has 3 rings (SSSR count). The maximum atomic E-state index is 4.59. The van der Waals surface area contributed by atoms with Gasteiger partial charge in [-0.05, 0) is 31.7 Å². The van der Waals surface area contributed by atoms with Crippen molar-refractivity contribution in [1.82, 2.24) is 20.0 Å². The summed E-state index contributed by atoms with van der Waals surface area (Å²) in [5.74, 6) is 0.504. The summed E-state index contributed by atoms with van der Waals surface area (Å²) in [6.45, 7) is 8.01. The first kappa shape index (κ1) is 13.1. The van der Waals surface area contributed by atoms with Gasteiger partial charge in [-0.2, -0.15) is 5.10 Å². The predicted molar refractivity (Wildman–Crippen MR) is 77.1 cm³/mol. The van der Waals surface area contributed by atoms with Gasteiger partial charge >= 0.3 is 0 Å². The highest BCUT2D eigenvalue weighted by molar-refractivity contribution is 5.20. The number of nitrogens with zero attached hydrogens (tertiary/aromatic N) is 3. The maximum absolute atomic E-state index is 4.59. The molecule has 0 bridgehead atoms. The van der Waals surface area contributed by atoms with Gasteiger partial charge in [0.2, 0.25) is 0 Å². The molecular weight excluding hydrogens is 236 g/mol. The molecule has 2 atom stereocenters. The summed E-state index contributed by atoms with van der Waals surface area (Å²) in [7, 11) is 2.02. The molecule has 1 N–H and O–H groups in total. The predicted octanol–water partition coefficient (Wildman–Crippen LogP) is 1.87. The molecule has 0 amide bonds. The topological polar surface area (TPSA) is 33.1 Å². The van der Waals surface area contributed by atoms with Gasteiger partial charge in [0, 0.05) is 44.0 Å². The Kier molecular flexibility index (Phi) is 3.63. The van der Waals surface area contributed by atoms with Crippen LogP contribution in [0, 0.1) is 0 Å². The Labute approximate surface area is 116 Å². The van der Waals surface area contributed by atoms with Crippen molar-refractivity contribution >= 4 is 0 Å². The number of hydrogen-bond donors (Lipinski definition) is 1.